The fourth-order valence-electron chi connectivity index (χ4n) is 0.628. The summed E-state index contributed by atoms with van der Waals surface area (Å²) in [5, 5.41) is 9.10. The van der Waals surface area contributed by atoms with Crippen molar-refractivity contribution in [1.82, 2.24) is 0 Å². The van der Waals surface area contributed by atoms with Crippen LogP contribution in [0.2, 0.25) is 0 Å². The third kappa shape index (κ3) is 6.12. The highest BCUT2D eigenvalue weighted by Gasteiger charge is 1.94. The molecule has 0 rings (SSSR count). The molecule has 0 aromatic rings. The lowest BCUT2D eigenvalue weighted by molar-refractivity contribution is 0.219. The topological polar surface area (TPSA) is 20.2 Å². The maximum absolute atomic E-state index is 9.10. The minimum absolute atomic E-state index is 0.343. The van der Waals surface area contributed by atoms with Gasteiger partial charge in [-0.2, -0.15) is 0 Å². The molecule has 0 aliphatic carbocycles. The van der Waals surface area contributed by atoms with Crippen LogP contribution in [0.4, 0.5) is 0 Å². The lowest BCUT2D eigenvalue weighted by atomic mass is 10.2. The molecular formula is C8H15ClO. The minimum Gasteiger partial charge on any atom is -0.389 e. The molecule has 0 aromatic heterocycles. The molecule has 0 aliphatic rings. The van der Waals surface area contributed by atoms with E-state index in [4.69, 9.17) is 16.7 Å². The molecule has 0 bridgehead atoms. The van der Waals surface area contributed by atoms with Crippen LogP contribution in [0, 0.1) is 0 Å². The first kappa shape index (κ1) is 9.99. The Balaban J connectivity index is 3.26. The van der Waals surface area contributed by atoms with Crippen molar-refractivity contribution in [3.63, 3.8) is 0 Å². The summed E-state index contributed by atoms with van der Waals surface area (Å²) in [7, 11) is 0. The molecule has 0 heterocycles. The average Bonchev–Trinajstić information content (AvgIpc) is 1.89. The summed E-state index contributed by atoms with van der Waals surface area (Å²) in [5.41, 5.74) is 0. The average molecular weight is 163 g/mol. The number of hydrogen-bond acceptors (Lipinski definition) is 1. The third-order valence-electron chi connectivity index (χ3n) is 1.22. The van der Waals surface area contributed by atoms with Crippen molar-refractivity contribution in [3.05, 3.63) is 12.2 Å². The SMILES string of the molecule is CCC/C=C\C(O)CCCl. The fraction of sp³-hybridized carbons (Fsp3) is 0.750. The Bertz CT molecular complexity index is 91.3. The molecule has 2 heteroatoms. The molecule has 1 N–H and O–H groups in total. The Kier molecular flexibility index (Phi) is 7.09. The summed E-state index contributed by atoms with van der Waals surface area (Å²) in [6.07, 6.45) is 6.29. The Labute approximate surface area is 67.7 Å². The molecule has 0 radical (unpaired) electrons. The van der Waals surface area contributed by atoms with Crippen molar-refractivity contribution < 1.29 is 5.11 Å². The Morgan fingerprint density at radius 1 is 1.60 bits per heavy atom. The van der Waals surface area contributed by atoms with E-state index in [1.807, 2.05) is 12.2 Å². The van der Waals surface area contributed by atoms with Gasteiger partial charge in [-0.1, -0.05) is 25.5 Å². The number of rotatable bonds is 5. The van der Waals surface area contributed by atoms with Gasteiger partial charge in [-0.25, -0.2) is 0 Å². The highest BCUT2D eigenvalue weighted by atomic mass is 35.5. The van der Waals surface area contributed by atoms with Crippen molar-refractivity contribution in [3.8, 4) is 0 Å². The van der Waals surface area contributed by atoms with Crippen molar-refractivity contribution in [2.75, 3.05) is 5.88 Å². The molecule has 0 spiro atoms. The quantitative estimate of drug-likeness (QED) is 0.486. The number of aliphatic hydroxyl groups is 1. The lowest BCUT2D eigenvalue weighted by Crippen LogP contribution is -2.01. The molecule has 0 amide bonds. The van der Waals surface area contributed by atoms with E-state index >= 15 is 0 Å². The normalized spacial score (nSPS) is 14.3. The smallest absolute Gasteiger partial charge is 0.0732 e. The summed E-state index contributed by atoms with van der Waals surface area (Å²) >= 11 is 5.42. The largest absolute Gasteiger partial charge is 0.389 e. The highest BCUT2D eigenvalue weighted by Crippen LogP contribution is 1.97. The molecule has 0 fully saturated rings. The summed E-state index contributed by atoms with van der Waals surface area (Å²) < 4.78 is 0. The second-order valence-corrected chi connectivity index (χ2v) is 2.64. The lowest BCUT2D eigenvalue weighted by Gasteiger charge is -1.99. The summed E-state index contributed by atoms with van der Waals surface area (Å²) in [4.78, 5) is 0. The first-order valence-corrected chi connectivity index (χ1v) is 4.25. The van der Waals surface area contributed by atoms with E-state index in [9.17, 15) is 0 Å². The predicted octanol–water partition coefficient (Wildman–Crippen LogP) is 2.33. The van der Waals surface area contributed by atoms with Gasteiger partial charge in [0.2, 0.25) is 0 Å². The fourth-order valence-corrected chi connectivity index (χ4v) is 0.852. The van der Waals surface area contributed by atoms with Gasteiger partial charge in [0.1, 0.15) is 0 Å². The highest BCUT2D eigenvalue weighted by molar-refractivity contribution is 6.17. The zero-order chi connectivity index (χ0) is 7.82. The van der Waals surface area contributed by atoms with Gasteiger partial charge in [0.15, 0.2) is 0 Å². The maximum atomic E-state index is 9.10. The van der Waals surface area contributed by atoms with Crippen LogP contribution in [0.3, 0.4) is 0 Å². The zero-order valence-corrected chi connectivity index (χ0v) is 7.14. The number of hydrogen-bond donors (Lipinski definition) is 1. The monoisotopic (exact) mass is 162 g/mol. The second kappa shape index (κ2) is 7.10. The number of unbranched alkanes of at least 4 members (excludes halogenated alkanes) is 1. The van der Waals surface area contributed by atoms with Crippen molar-refractivity contribution in [2.24, 2.45) is 0 Å². The number of allylic oxidation sites excluding steroid dienone is 1. The van der Waals surface area contributed by atoms with Crippen LogP contribution in [0.5, 0.6) is 0 Å². The first-order valence-electron chi connectivity index (χ1n) is 3.72. The zero-order valence-electron chi connectivity index (χ0n) is 6.39. The molecule has 0 aliphatic heterocycles. The Hall–Kier alpha value is -0.0100. The van der Waals surface area contributed by atoms with Gasteiger partial charge < -0.3 is 5.11 Å². The molecule has 0 saturated carbocycles. The van der Waals surface area contributed by atoms with Gasteiger partial charge in [-0.3, -0.25) is 0 Å². The summed E-state index contributed by atoms with van der Waals surface area (Å²) in [6.45, 7) is 2.11. The Morgan fingerprint density at radius 3 is 2.80 bits per heavy atom. The van der Waals surface area contributed by atoms with Crippen LogP contribution >= 0.6 is 11.6 Å². The first-order chi connectivity index (χ1) is 4.81. The molecule has 60 valence electrons. The number of halogens is 1. The summed E-state index contributed by atoms with van der Waals surface area (Å²) in [5.74, 6) is 0.525. The van der Waals surface area contributed by atoms with E-state index in [0.717, 1.165) is 12.8 Å². The van der Waals surface area contributed by atoms with Crippen molar-refractivity contribution in [1.29, 1.82) is 0 Å². The van der Waals surface area contributed by atoms with Crippen LogP contribution in [0.15, 0.2) is 12.2 Å². The molecule has 0 aromatic carbocycles. The van der Waals surface area contributed by atoms with E-state index in [2.05, 4.69) is 6.92 Å². The van der Waals surface area contributed by atoms with Gasteiger partial charge in [-0.05, 0) is 12.8 Å². The van der Waals surface area contributed by atoms with E-state index in [1.165, 1.54) is 0 Å². The van der Waals surface area contributed by atoms with Crippen molar-refractivity contribution in [2.45, 2.75) is 32.3 Å². The summed E-state index contributed by atoms with van der Waals surface area (Å²) in [6, 6.07) is 0. The maximum Gasteiger partial charge on any atom is 0.0732 e. The van der Waals surface area contributed by atoms with Crippen LogP contribution in [0.25, 0.3) is 0 Å². The Morgan fingerprint density at radius 2 is 2.30 bits per heavy atom. The van der Waals surface area contributed by atoms with Gasteiger partial charge in [0, 0.05) is 5.88 Å². The van der Waals surface area contributed by atoms with Crippen LogP contribution in [0.1, 0.15) is 26.2 Å². The predicted molar refractivity (Wildman–Crippen MR) is 45.4 cm³/mol. The van der Waals surface area contributed by atoms with E-state index in [0.29, 0.717) is 12.3 Å². The number of alkyl halides is 1. The van der Waals surface area contributed by atoms with E-state index in [-0.39, 0.29) is 6.10 Å². The van der Waals surface area contributed by atoms with Gasteiger partial charge >= 0.3 is 0 Å². The second-order valence-electron chi connectivity index (χ2n) is 2.26. The van der Waals surface area contributed by atoms with Crippen molar-refractivity contribution >= 4 is 11.6 Å². The molecule has 0 saturated heterocycles. The molecule has 10 heavy (non-hydrogen) atoms. The molecule has 1 atom stereocenters. The van der Waals surface area contributed by atoms with Gasteiger partial charge in [-0.15, -0.1) is 11.6 Å². The van der Waals surface area contributed by atoms with Crippen LogP contribution in [-0.2, 0) is 0 Å². The van der Waals surface area contributed by atoms with Crippen LogP contribution in [-0.4, -0.2) is 17.1 Å². The molecule has 1 nitrogen and oxygen atoms in total. The molecular weight excluding hydrogens is 148 g/mol. The van der Waals surface area contributed by atoms with Gasteiger partial charge in [0.25, 0.3) is 0 Å². The minimum atomic E-state index is -0.343. The van der Waals surface area contributed by atoms with Gasteiger partial charge in [0.05, 0.1) is 6.10 Å². The van der Waals surface area contributed by atoms with E-state index < -0.39 is 0 Å². The standard InChI is InChI=1S/C8H15ClO/c1-2-3-4-5-8(10)6-7-9/h4-5,8,10H,2-3,6-7H2,1H3/b5-4-. The number of aliphatic hydroxyl groups excluding tert-OH is 1. The van der Waals surface area contributed by atoms with Crippen LogP contribution < -0.4 is 0 Å². The molecule has 1 unspecified atom stereocenters. The third-order valence-corrected chi connectivity index (χ3v) is 1.44. The van der Waals surface area contributed by atoms with E-state index in [1.54, 1.807) is 0 Å².